The van der Waals surface area contributed by atoms with Gasteiger partial charge in [-0.25, -0.2) is 0 Å². The number of amides is 1. The van der Waals surface area contributed by atoms with Gasteiger partial charge in [-0.3, -0.25) is 14.4 Å². The van der Waals surface area contributed by atoms with Crippen LogP contribution >= 0.6 is 0 Å². The van der Waals surface area contributed by atoms with Crippen LogP contribution in [0.5, 0.6) is 0 Å². The predicted octanol–water partition coefficient (Wildman–Crippen LogP) is 2.82. The number of aliphatic hydroxyl groups is 1. The van der Waals surface area contributed by atoms with Crippen LogP contribution in [0.15, 0.2) is 30.5 Å². The number of piperazine rings is 1. The first-order valence-electron chi connectivity index (χ1n) is 10.9. The molecular weight excluding hydrogens is 364 g/mol. The highest BCUT2D eigenvalue weighted by Gasteiger charge is 2.30. The van der Waals surface area contributed by atoms with Gasteiger partial charge in [-0.2, -0.15) is 5.10 Å². The number of nitrogens with zero attached hydrogens (tertiary/aromatic N) is 3. The molecule has 0 unspecified atom stereocenters. The Morgan fingerprint density at radius 2 is 1.93 bits per heavy atom. The lowest BCUT2D eigenvalue weighted by Gasteiger charge is -2.34. The lowest BCUT2D eigenvalue weighted by molar-refractivity contribution is -0.129. The summed E-state index contributed by atoms with van der Waals surface area (Å²) in [6.45, 7) is 2.10. The predicted molar refractivity (Wildman–Crippen MR) is 113 cm³/mol. The molecule has 29 heavy (non-hydrogen) atoms. The first-order chi connectivity index (χ1) is 14.2. The van der Waals surface area contributed by atoms with E-state index < -0.39 is 0 Å². The van der Waals surface area contributed by atoms with Crippen molar-refractivity contribution in [2.75, 3.05) is 19.7 Å². The van der Waals surface area contributed by atoms with Crippen LogP contribution in [0.2, 0.25) is 0 Å². The number of nitrogens with one attached hydrogen (secondary N) is 1. The Morgan fingerprint density at radius 1 is 1.17 bits per heavy atom. The van der Waals surface area contributed by atoms with Crippen molar-refractivity contribution < 1.29 is 9.90 Å². The zero-order valence-corrected chi connectivity index (χ0v) is 17.3. The van der Waals surface area contributed by atoms with Gasteiger partial charge in [-0.1, -0.05) is 43.5 Å². The first-order valence-corrected chi connectivity index (χ1v) is 10.9. The smallest absolute Gasteiger partial charge is 0.237 e. The summed E-state index contributed by atoms with van der Waals surface area (Å²) in [7, 11) is 1.94. The molecule has 0 bridgehead atoms. The SMILES string of the molecule is Cn1cc(CN2CCNC(=O)[C@@H]2CCO)c(-c2ccc(C3CCCCC3)cc2)n1. The Labute approximate surface area is 172 Å². The van der Waals surface area contributed by atoms with Gasteiger partial charge in [-0.15, -0.1) is 0 Å². The fraction of sp³-hybridized carbons (Fsp3) is 0.565. The number of aryl methyl sites for hydroxylation is 1. The zero-order valence-electron chi connectivity index (χ0n) is 17.3. The molecule has 6 nitrogen and oxygen atoms in total. The summed E-state index contributed by atoms with van der Waals surface area (Å²) in [5, 5.41) is 17.0. The third-order valence-corrected chi connectivity index (χ3v) is 6.38. The Balaban J connectivity index is 1.54. The summed E-state index contributed by atoms with van der Waals surface area (Å²) in [6, 6.07) is 8.66. The minimum absolute atomic E-state index is 0.00701. The maximum absolute atomic E-state index is 12.2. The molecule has 4 rings (SSSR count). The van der Waals surface area contributed by atoms with Crippen molar-refractivity contribution in [3.63, 3.8) is 0 Å². The molecule has 2 N–H and O–H groups in total. The number of hydrogen-bond donors (Lipinski definition) is 2. The van der Waals surface area contributed by atoms with E-state index in [1.165, 1.54) is 37.7 Å². The van der Waals surface area contributed by atoms with Crippen LogP contribution in [0.25, 0.3) is 11.3 Å². The number of carbonyl (C=O) groups is 1. The van der Waals surface area contributed by atoms with Gasteiger partial charge in [0.05, 0.1) is 11.7 Å². The number of rotatable bonds is 6. The van der Waals surface area contributed by atoms with Crippen LogP contribution in [0, 0.1) is 0 Å². The molecule has 1 aromatic carbocycles. The molecule has 2 aliphatic rings. The summed E-state index contributed by atoms with van der Waals surface area (Å²) in [5.74, 6) is 0.708. The van der Waals surface area contributed by atoms with Gasteiger partial charge in [0.15, 0.2) is 0 Å². The maximum atomic E-state index is 12.2. The molecule has 156 valence electrons. The van der Waals surface area contributed by atoms with Crippen molar-refractivity contribution in [1.29, 1.82) is 0 Å². The third-order valence-electron chi connectivity index (χ3n) is 6.38. The Kier molecular flexibility index (Phi) is 6.31. The molecule has 1 amide bonds. The highest BCUT2D eigenvalue weighted by molar-refractivity contribution is 5.82. The van der Waals surface area contributed by atoms with Gasteiger partial charge >= 0.3 is 0 Å². The molecule has 1 aliphatic carbocycles. The number of aromatic nitrogens is 2. The lowest BCUT2D eigenvalue weighted by Crippen LogP contribution is -2.55. The van der Waals surface area contributed by atoms with E-state index in [0.717, 1.165) is 23.4 Å². The van der Waals surface area contributed by atoms with Crippen molar-refractivity contribution in [3.05, 3.63) is 41.6 Å². The number of carbonyl (C=O) groups excluding carboxylic acids is 1. The second-order valence-electron chi connectivity index (χ2n) is 8.42. The molecule has 0 spiro atoms. The van der Waals surface area contributed by atoms with Crippen LogP contribution in [-0.2, 0) is 18.4 Å². The summed E-state index contributed by atoms with van der Waals surface area (Å²) in [5.41, 5.74) is 4.67. The van der Waals surface area contributed by atoms with Crippen LogP contribution < -0.4 is 5.32 Å². The van der Waals surface area contributed by atoms with Gasteiger partial charge in [0.25, 0.3) is 0 Å². The summed E-state index contributed by atoms with van der Waals surface area (Å²) in [4.78, 5) is 14.4. The van der Waals surface area contributed by atoms with E-state index in [1.807, 2.05) is 17.9 Å². The van der Waals surface area contributed by atoms with Crippen LogP contribution in [0.1, 0.15) is 55.6 Å². The van der Waals surface area contributed by atoms with Crippen LogP contribution in [-0.4, -0.2) is 51.4 Å². The number of hydrogen-bond acceptors (Lipinski definition) is 4. The summed E-state index contributed by atoms with van der Waals surface area (Å²) >= 11 is 0. The van der Waals surface area contributed by atoms with Gasteiger partial charge in [0.2, 0.25) is 5.91 Å². The monoisotopic (exact) mass is 396 g/mol. The largest absolute Gasteiger partial charge is 0.396 e. The van der Waals surface area contributed by atoms with Crippen LogP contribution in [0.3, 0.4) is 0 Å². The third kappa shape index (κ3) is 4.54. The van der Waals surface area contributed by atoms with Crippen molar-refractivity contribution in [3.8, 4) is 11.3 Å². The molecular formula is C23H32N4O2. The minimum atomic E-state index is -0.282. The second-order valence-corrected chi connectivity index (χ2v) is 8.42. The van der Waals surface area contributed by atoms with E-state index in [2.05, 4.69) is 34.5 Å². The normalized spacial score (nSPS) is 21.3. The van der Waals surface area contributed by atoms with Crippen molar-refractivity contribution in [1.82, 2.24) is 20.0 Å². The van der Waals surface area contributed by atoms with Crippen molar-refractivity contribution in [2.24, 2.45) is 7.05 Å². The van der Waals surface area contributed by atoms with Crippen LogP contribution in [0.4, 0.5) is 0 Å². The quantitative estimate of drug-likeness (QED) is 0.788. The van der Waals surface area contributed by atoms with Gasteiger partial charge in [0, 0.05) is 50.6 Å². The van der Waals surface area contributed by atoms with Crippen molar-refractivity contribution in [2.45, 2.75) is 57.0 Å². The number of benzene rings is 1. The summed E-state index contributed by atoms with van der Waals surface area (Å²) in [6.07, 6.45) is 9.17. The fourth-order valence-electron chi connectivity index (χ4n) is 4.85. The molecule has 6 heteroatoms. The van der Waals surface area contributed by atoms with E-state index in [-0.39, 0.29) is 18.6 Å². The lowest BCUT2D eigenvalue weighted by atomic mass is 9.84. The van der Waals surface area contributed by atoms with E-state index in [9.17, 15) is 9.90 Å². The standard InChI is InChI=1S/C23H32N4O2/c1-26-15-20(16-27-13-12-24-23(29)21(27)11-14-28)22(25-26)19-9-7-18(8-10-19)17-5-3-2-4-6-17/h7-10,15,17,21,28H,2-6,11-14,16H2,1H3,(H,24,29)/t21-/m0/s1. The molecule has 1 saturated heterocycles. The molecule has 2 fully saturated rings. The molecule has 1 aromatic heterocycles. The summed E-state index contributed by atoms with van der Waals surface area (Å²) < 4.78 is 1.85. The molecule has 1 saturated carbocycles. The van der Waals surface area contributed by atoms with Gasteiger partial charge < -0.3 is 10.4 Å². The average molecular weight is 397 g/mol. The Morgan fingerprint density at radius 3 is 2.66 bits per heavy atom. The molecule has 1 atom stereocenters. The molecule has 0 radical (unpaired) electrons. The van der Waals surface area contributed by atoms with Gasteiger partial charge in [-0.05, 0) is 30.7 Å². The average Bonchev–Trinajstić information content (AvgIpc) is 3.11. The topological polar surface area (TPSA) is 70.4 Å². The number of aliphatic hydroxyl groups excluding tert-OH is 1. The zero-order chi connectivity index (χ0) is 20.2. The Bertz CT molecular complexity index is 824. The Hall–Kier alpha value is -2.18. The highest BCUT2D eigenvalue weighted by atomic mass is 16.3. The molecule has 1 aliphatic heterocycles. The second kappa shape index (κ2) is 9.09. The van der Waals surface area contributed by atoms with E-state index >= 15 is 0 Å². The van der Waals surface area contributed by atoms with Gasteiger partial charge in [0.1, 0.15) is 0 Å². The fourth-order valence-corrected chi connectivity index (χ4v) is 4.85. The van der Waals surface area contributed by atoms with E-state index in [1.54, 1.807) is 0 Å². The van der Waals surface area contributed by atoms with E-state index in [0.29, 0.717) is 25.4 Å². The maximum Gasteiger partial charge on any atom is 0.237 e. The molecule has 2 aromatic rings. The minimum Gasteiger partial charge on any atom is -0.396 e. The van der Waals surface area contributed by atoms with Crippen molar-refractivity contribution >= 4 is 5.91 Å². The molecule has 2 heterocycles. The highest BCUT2D eigenvalue weighted by Crippen LogP contribution is 2.34. The first kappa shape index (κ1) is 20.1. The van der Waals surface area contributed by atoms with E-state index in [4.69, 9.17) is 5.10 Å².